The fourth-order valence-corrected chi connectivity index (χ4v) is 2.48. The maximum Gasteiger partial charge on any atom is 0.324 e. The molecule has 0 spiro atoms. The number of aromatic nitrogens is 2. The Morgan fingerprint density at radius 3 is 3.00 bits per heavy atom. The molecule has 0 bridgehead atoms. The SMILES string of the molecule is CCOC(=O)C(CN1CCn2ccnc2C1)NC(C)C. The van der Waals surface area contributed by atoms with E-state index in [1.54, 1.807) is 0 Å². The Morgan fingerprint density at radius 2 is 2.30 bits per heavy atom. The fraction of sp³-hybridized carbons (Fsp3) is 0.714. The van der Waals surface area contributed by atoms with Crippen LogP contribution in [0.15, 0.2) is 12.4 Å². The van der Waals surface area contributed by atoms with Crippen LogP contribution in [0.25, 0.3) is 0 Å². The molecule has 112 valence electrons. The van der Waals surface area contributed by atoms with E-state index >= 15 is 0 Å². The van der Waals surface area contributed by atoms with Crippen molar-refractivity contribution in [3.05, 3.63) is 18.2 Å². The summed E-state index contributed by atoms with van der Waals surface area (Å²) in [6.45, 7) is 9.62. The third-order valence-electron chi connectivity index (χ3n) is 3.37. The molecule has 0 aromatic carbocycles. The van der Waals surface area contributed by atoms with Crippen LogP contribution in [0.4, 0.5) is 0 Å². The zero-order valence-electron chi connectivity index (χ0n) is 12.5. The van der Waals surface area contributed by atoms with Crippen molar-refractivity contribution in [3.63, 3.8) is 0 Å². The Balaban J connectivity index is 1.96. The van der Waals surface area contributed by atoms with Gasteiger partial charge in [-0.15, -0.1) is 0 Å². The van der Waals surface area contributed by atoms with E-state index in [0.29, 0.717) is 13.2 Å². The van der Waals surface area contributed by atoms with Crippen molar-refractivity contribution < 1.29 is 9.53 Å². The molecule has 0 radical (unpaired) electrons. The summed E-state index contributed by atoms with van der Waals surface area (Å²) in [5.74, 6) is 0.888. The van der Waals surface area contributed by atoms with Gasteiger partial charge in [-0.25, -0.2) is 4.98 Å². The van der Waals surface area contributed by atoms with Crippen LogP contribution >= 0.6 is 0 Å². The Kier molecular flexibility index (Phi) is 5.14. The lowest BCUT2D eigenvalue weighted by molar-refractivity contribution is -0.146. The molecule has 1 aromatic rings. The molecule has 1 aromatic heterocycles. The summed E-state index contributed by atoms with van der Waals surface area (Å²) in [6, 6.07) is -0.0346. The lowest BCUT2D eigenvalue weighted by Gasteiger charge is -2.31. The summed E-state index contributed by atoms with van der Waals surface area (Å²) in [5, 5.41) is 3.29. The molecule has 0 saturated heterocycles. The predicted octanol–water partition coefficient (Wildman–Crippen LogP) is 0.628. The van der Waals surface area contributed by atoms with Crippen LogP contribution in [0.1, 0.15) is 26.6 Å². The molecule has 20 heavy (non-hydrogen) atoms. The molecular weight excluding hydrogens is 256 g/mol. The van der Waals surface area contributed by atoms with Gasteiger partial charge in [-0.2, -0.15) is 0 Å². The van der Waals surface area contributed by atoms with Gasteiger partial charge in [-0.05, 0) is 6.92 Å². The molecule has 6 nitrogen and oxygen atoms in total. The average Bonchev–Trinajstić information content (AvgIpc) is 2.85. The van der Waals surface area contributed by atoms with Crippen LogP contribution in [-0.2, 0) is 22.6 Å². The number of hydrogen-bond donors (Lipinski definition) is 1. The van der Waals surface area contributed by atoms with Gasteiger partial charge < -0.3 is 14.6 Å². The van der Waals surface area contributed by atoms with E-state index in [4.69, 9.17) is 4.74 Å². The van der Waals surface area contributed by atoms with Crippen molar-refractivity contribution in [1.29, 1.82) is 0 Å². The molecule has 0 aliphatic carbocycles. The largest absolute Gasteiger partial charge is 0.465 e. The average molecular weight is 280 g/mol. The van der Waals surface area contributed by atoms with E-state index in [2.05, 4.69) is 19.8 Å². The Morgan fingerprint density at radius 1 is 1.50 bits per heavy atom. The van der Waals surface area contributed by atoms with Crippen molar-refractivity contribution in [2.75, 3.05) is 19.7 Å². The van der Waals surface area contributed by atoms with Gasteiger partial charge in [-0.1, -0.05) is 13.8 Å². The number of carbonyl (C=O) groups is 1. The number of rotatable bonds is 6. The molecule has 1 atom stereocenters. The summed E-state index contributed by atoms with van der Waals surface area (Å²) in [6.07, 6.45) is 3.83. The summed E-state index contributed by atoms with van der Waals surface area (Å²) < 4.78 is 7.31. The van der Waals surface area contributed by atoms with Gasteiger partial charge in [0.1, 0.15) is 11.9 Å². The van der Waals surface area contributed by atoms with Crippen molar-refractivity contribution in [2.45, 2.75) is 45.9 Å². The quantitative estimate of drug-likeness (QED) is 0.775. The van der Waals surface area contributed by atoms with Gasteiger partial charge in [0.25, 0.3) is 0 Å². The van der Waals surface area contributed by atoms with Crippen molar-refractivity contribution >= 4 is 5.97 Å². The van der Waals surface area contributed by atoms with Crippen LogP contribution in [0.5, 0.6) is 0 Å². The summed E-state index contributed by atoms with van der Waals surface area (Å²) in [5.41, 5.74) is 0. The number of nitrogens with one attached hydrogen (secondary N) is 1. The van der Waals surface area contributed by atoms with Crippen LogP contribution < -0.4 is 5.32 Å². The minimum absolute atomic E-state index is 0.171. The highest BCUT2D eigenvalue weighted by Crippen LogP contribution is 2.11. The molecule has 2 rings (SSSR count). The number of fused-ring (bicyclic) bond motifs is 1. The topological polar surface area (TPSA) is 59.4 Å². The highest BCUT2D eigenvalue weighted by atomic mass is 16.5. The predicted molar refractivity (Wildman–Crippen MR) is 76.2 cm³/mol. The van der Waals surface area contributed by atoms with E-state index in [1.807, 2.05) is 33.2 Å². The monoisotopic (exact) mass is 280 g/mol. The maximum atomic E-state index is 12.0. The van der Waals surface area contributed by atoms with Crippen molar-refractivity contribution in [3.8, 4) is 0 Å². The number of ether oxygens (including phenoxy) is 1. The number of hydrogen-bond acceptors (Lipinski definition) is 5. The molecule has 1 N–H and O–H groups in total. The van der Waals surface area contributed by atoms with Gasteiger partial charge in [-0.3, -0.25) is 9.69 Å². The van der Waals surface area contributed by atoms with Crippen LogP contribution in [0.3, 0.4) is 0 Å². The number of nitrogens with zero attached hydrogens (tertiary/aromatic N) is 3. The first-order chi connectivity index (χ1) is 9.60. The fourth-order valence-electron chi connectivity index (χ4n) is 2.48. The smallest absolute Gasteiger partial charge is 0.324 e. The van der Waals surface area contributed by atoms with Crippen molar-refractivity contribution in [2.24, 2.45) is 0 Å². The van der Waals surface area contributed by atoms with Gasteiger partial charge in [0.2, 0.25) is 0 Å². The Bertz CT molecular complexity index is 444. The maximum absolute atomic E-state index is 12.0. The zero-order valence-corrected chi connectivity index (χ0v) is 12.5. The number of imidazole rings is 1. The van der Waals surface area contributed by atoms with Crippen LogP contribution in [0.2, 0.25) is 0 Å². The highest BCUT2D eigenvalue weighted by molar-refractivity contribution is 5.76. The number of carbonyl (C=O) groups excluding carboxylic acids is 1. The summed E-state index contributed by atoms with van der Waals surface area (Å²) in [7, 11) is 0. The minimum atomic E-state index is -0.281. The molecule has 1 aliphatic rings. The van der Waals surface area contributed by atoms with E-state index in [-0.39, 0.29) is 18.1 Å². The first-order valence-corrected chi connectivity index (χ1v) is 7.25. The molecule has 1 aliphatic heterocycles. The third kappa shape index (κ3) is 3.80. The zero-order chi connectivity index (χ0) is 14.5. The lowest BCUT2D eigenvalue weighted by atomic mass is 10.2. The molecule has 6 heteroatoms. The first kappa shape index (κ1) is 15.0. The van der Waals surface area contributed by atoms with Crippen LogP contribution in [-0.4, -0.2) is 52.2 Å². The van der Waals surface area contributed by atoms with E-state index in [9.17, 15) is 4.79 Å². The van der Waals surface area contributed by atoms with E-state index in [0.717, 1.165) is 25.5 Å². The first-order valence-electron chi connectivity index (χ1n) is 7.25. The Labute approximate surface area is 120 Å². The van der Waals surface area contributed by atoms with Crippen molar-refractivity contribution in [1.82, 2.24) is 19.8 Å². The molecule has 0 saturated carbocycles. The minimum Gasteiger partial charge on any atom is -0.465 e. The van der Waals surface area contributed by atoms with E-state index < -0.39 is 0 Å². The normalized spacial score (nSPS) is 17.0. The standard InChI is InChI=1S/C14H24N4O2/c1-4-20-14(19)12(16-11(2)3)9-17-7-8-18-6-5-15-13(18)10-17/h5-6,11-12,16H,4,7-10H2,1-3H3. The second-order valence-corrected chi connectivity index (χ2v) is 5.40. The highest BCUT2D eigenvalue weighted by Gasteiger charge is 2.25. The van der Waals surface area contributed by atoms with Gasteiger partial charge in [0.15, 0.2) is 0 Å². The third-order valence-corrected chi connectivity index (χ3v) is 3.37. The van der Waals surface area contributed by atoms with Gasteiger partial charge in [0.05, 0.1) is 13.2 Å². The summed E-state index contributed by atoms with van der Waals surface area (Å²) in [4.78, 5) is 18.6. The molecular formula is C14H24N4O2. The summed E-state index contributed by atoms with van der Waals surface area (Å²) >= 11 is 0. The number of esters is 1. The molecule has 1 unspecified atom stereocenters. The molecule has 0 amide bonds. The van der Waals surface area contributed by atoms with Gasteiger partial charge >= 0.3 is 5.97 Å². The molecule has 2 heterocycles. The van der Waals surface area contributed by atoms with E-state index in [1.165, 1.54) is 0 Å². The van der Waals surface area contributed by atoms with Crippen LogP contribution in [0, 0.1) is 0 Å². The van der Waals surface area contributed by atoms with Gasteiger partial charge in [0, 0.05) is 38.1 Å². The second-order valence-electron chi connectivity index (χ2n) is 5.40. The second kappa shape index (κ2) is 6.85. The Hall–Kier alpha value is -1.40. The lowest BCUT2D eigenvalue weighted by Crippen LogP contribution is -2.50. The molecule has 0 fully saturated rings.